The van der Waals surface area contributed by atoms with Crippen LogP contribution in [0.15, 0.2) is 12.1 Å². The fraction of sp³-hybridized carbons (Fsp3) is 0.650. The second-order valence-corrected chi connectivity index (χ2v) is 7.43. The number of carbonyl (C=O) groups is 1. The number of rotatable bonds is 4. The Kier molecular flexibility index (Phi) is 5.52. The van der Waals surface area contributed by atoms with E-state index in [1.165, 1.54) is 17.5 Å². The van der Waals surface area contributed by atoms with Crippen LogP contribution in [-0.2, 0) is 17.8 Å². The van der Waals surface area contributed by atoms with Crippen molar-refractivity contribution in [3.63, 3.8) is 0 Å². The third-order valence-electron chi connectivity index (χ3n) is 5.47. The van der Waals surface area contributed by atoms with Gasteiger partial charge >= 0.3 is 0 Å². The molecular formula is C20H30N2O3. The monoisotopic (exact) mass is 346 g/mol. The minimum absolute atomic E-state index is 0.0811. The Labute approximate surface area is 150 Å². The van der Waals surface area contributed by atoms with Crippen molar-refractivity contribution in [1.82, 2.24) is 9.80 Å². The van der Waals surface area contributed by atoms with Crippen molar-refractivity contribution in [2.75, 3.05) is 33.9 Å². The van der Waals surface area contributed by atoms with Crippen molar-refractivity contribution in [3.05, 3.63) is 23.3 Å². The Bertz CT molecular complexity index is 630. The van der Waals surface area contributed by atoms with Crippen LogP contribution in [0.4, 0.5) is 0 Å². The molecule has 1 fully saturated rings. The molecule has 5 nitrogen and oxygen atoms in total. The molecule has 0 aliphatic carbocycles. The molecule has 1 aromatic rings. The first kappa shape index (κ1) is 18.1. The largest absolute Gasteiger partial charge is 0.493 e. The summed E-state index contributed by atoms with van der Waals surface area (Å²) < 4.78 is 10.9. The van der Waals surface area contributed by atoms with E-state index < -0.39 is 0 Å². The molecule has 138 valence electrons. The molecule has 0 saturated carbocycles. The summed E-state index contributed by atoms with van der Waals surface area (Å²) in [5.74, 6) is 1.97. The molecule has 25 heavy (non-hydrogen) atoms. The van der Waals surface area contributed by atoms with E-state index in [2.05, 4.69) is 21.9 Å². The van der Waals surface area contributed by atoms with Gasteiger partial charge in [0.05, 0.1) is 14.2 Å². The number of nitrogens with zero attached hydrogens (tertiary/aromatic N) is 2. The first-order chi connectivity index (χ1) is 12.0. The van der Waals surface area contributed by atoms with E-state index in [1.807, 2.05) is 13.8 Å². The first-order valence-corrected chi connectivity index (χ1v) is 9.30. The van der Waals surface area contributed by atoms with Crippen LogP contribution >= 0.6 is 0 Å². The highest BCUT2D eigenvalue weighted by molar-refractivity contribution is 5.78. The number of piperidine rings is 1. The van der Waals surface area contributed by atoms with Crippen LogP contribution in [-0.4, -0.2) is 55.6 Å². The number of carbonyl (C=O) groups excluding carboxylic acids is 1. The molecule has 2 heterocycles. The van der Waals surface area contributed by atoms with Gasteiger partial charge in [0.15, 0.2) is 11.5 Å². The zero-order chi connectivity index (χ0) is 18.0. The molecule has 5 heteroatoms. The molecule has 0 aromatic heterocycles. The number of likely N-dealkylation sites (tertiary alicyclic amines) is 1. The van der Waals surface area contributed by atoms with E-state index in [0.717, 1.165) is 50.5 Å². The van der Waals surface area contributed by atoms with Crippen LogP contribution in [0.25, 0.3) is 0 Å². The van der Waals surface area contributed by atoms with E-state index in [-0.39, 0.29) is 11.8 Å². The van der Waals surface area contributed by atoms with Crippen LogP contribution in [0, 0.1) is 5.92 Å². The molecule has 1 aromatic carbocycles. The van der Waals surface area contributed by atoms with E-state index in [1.54, 1.807) is 14.2 Å². The second-order valence-electron chi connectivity index (χ2n) is 7.43. The van der Waals surface area contributed by atoms with Gasteiger partial charge in [-0.1, -0.05) is 13.8 Å². The number of fused-ring (bicyclic) bond motifs is 1. The smallest absolute Gasteiger partial charge is 0.225 e. The Morgan fingerprint density at radius 3 is 2.44 bits per heavy atom. The topological polar surface area (TPSA) is 42.0 Å². The van der Waals surface area contributed by atoms with Gasteiger partial charge in [-0.15, -0.1) is 0 Å². The Morgan fingerprint density at radius 2 is 1.80 bits per heavy atom. The van der Waals surface area contributed by atoms with Crippen molar-refractivity contribution in [1.29, 1.82) is 0 Å². The second kappa shape index (κ2) is 7.65. The lowest BCUT2D eigenvalue weighted by Gasteiger charge is -2.42. The maximum Gasteiger partial charge on any atom is 0.225 e. The molecule has 1 saturated heterocycles. The van der Waals surface area contributed by atoms with Crippen LogP contribution in [0.5, 0.6) is 11.5 Å². The van der Waals surface area contributed by atoms with E-state index in [4.69, 9.17) is 9.47 Å². The van der Waals surface area contributed by atoms with Gasteiger partial charge in [0.2, 0.25) is 5.91 Å². The normalized spacial score (nSPS) is 21.2. The molecule has 0 N–H and O–H groups in total. The quantitative estimate of drug-likeness (QED) is 0.841. The molecule has 1 unspecified atom stereocenters. The summed E-state index contributed by atoms with van der Waals surface area (Å²) in [6.45, 7) is 7.70. The minimum atomic E-state index is 0.0811. The molecule has 0 radical (unpaired) electrons. The summed E-state index contributed by atoms with van der Waals surface area (Å²) in [5, 5.41) is 0. The zero-order valence-electron chi connectivity index (χ0n) is 15.9. The highest BCUT2D eigenvalue weighted by Crippen LogP contribution is 2.34. The summed E-state index contributed by atoms with van der Waals surface area (Å²) >= 11 is 0. The summed E-state index contributed by atoms with van der Waals surface area (Å²) in [6.07, 6.45) is 3.28. The van der Waals surface area contributed by atoms with Gasteiger partial charge in [-0.25, -0.2) is 0 Å². The Balaban J connectivity index is 1.72. The van der Waals surface area contributed by atoms with Gasteiger partial charge in [0.1, 0.15) is 0 Å². The predicted molar refractivity (Wildman–Crippen MR) is 98.1 cm³/mol. The third-order valence-corrected chi connectivity index (χ3v) is 5.47. The fourth-order valence-electron chi connectivity index (χ4n) is 4.03. The van der Waals surface area contributed by atoms with Gasteiger partial charge < -0.3 is 14.4 Å². The van der Waals surface area contributed by atoms with E-state index in [9.17, 15) is 4.79 Å². The average Bonchev–Trinajstić information content (AvgIpc) is 2.65. The molecule has 2 aliphatic heterocycles. The molecule has 1 atom stereocenters. The summed E-state index contributed by atoms with van der Waals surface area (Å²) in [6, 6.07) is 4.68. The highest BCUT2D eigenvalue weighted by Gasteiger charge is 2.31. The highest BCUT2D eigenvalue weighted by atomic mass is 16.5. The SMILES string of the molecule is COc1cc2c(cc1OC)CN(C1CCCN(C(=O)C(C)C)C1)CC2. The maximum atomic E-state index is 12.4. The molecule has 1 amide bonds. The van der Waals surface area contributed by atoms with Gasteiger partial charge in [-0.2, -0.15) is 0 Å². The summed E-state index contributed by atoms with van der Waals surface area (Å²) in [4.78, 5) is 16.9. The minimum Gasteiger partial charge on any atom is -0.493 e. The van der Waals surface area contributed by atoms with E-state index >= 15 is 0 Å². The zero-order valence-corrected chi connectivity index (χ0v) is 15.9. The van der Waals surface area contributed by atoms with Crippen molar-refractivity contribution < 1.29 is 14.3 Å². The fourth-order valence-corrected chi connectivity index (χ4v) is 4.03. The lowest BCUT2D eigenvalue weighted by atomic mass is 9.95. The number of benzene rings is 1. The molecular weight excluding hydrogens is 316 g/mol. The number of hydrogen-bond donors (Lipinski definition) is 0. The van der Waals surface area contributed by atoms with Crippen molar-refractivity contribution in [2.24, 2.45) is 5.92 Å². The van der Waals surface area contributed by atoms with Crippen LogP contribution in [0.3, 0.4) is 0 Å². The predicted octanol–water partition coefficient (Wildman–Crippen LogP) is 2.71. The standard InChI is InChI=1S/C20H30N2O3/c1-14(2)20(23)22-8-5-6-17(13-22)21-9-7-15-10-18(24-3)19(25-4)11-16(15)12-21/h10-11,14,17H,5-9,12-13H2,1-4H3. The lowest BCUT2D eigenvalue weighted by molar-refractivity contribution is -0.136. The number of ether oxygens (including phenoxy) is 2. The van der Waals surface area contributed by atoms with Gasteiger partial charge in [0.25, 0.3) is 0 Å². The van der Waals surface area contributed by atoms with Gasteiger partial charge in [-0.3, -0.25) is 9.69 Å². The molecule has 0 bridgehead atoms. The van der Waals surface area contributed by atoms with Crippen molar-refractivity contribution in [3.8, 4) is 11.5 Å². The summed E-state index contributed by atoms with van der Waals surface area (Å²) in [5.41, 5.74) is 2.66. The van der Waals surface area contributed by atoms with Gasteiger partial charge in [0, 0.05) is 38.1 Å². The lowest BCUT2D eigenvalue weighted by Crippen LogP contribution is -2.51. The van der Waals surface area contributed by atoms with Crippen LogP contribution < -0.4 is 9.47 Å². The maximum absolute atomic E-state index is 12.4. The van der Waals surface area contributed by atoms with Crippen LogP contribution in [0.2, 0.25) is 0 Å². The van der Waals surface area contributed by atoms with E-state index in [0.29, 0.717) is 6.04 Å². The van der Waals surface area contributed by atoms with Crippen LogP contribution in [0.1, 0.15) is 37.8 Å². The number of amides is 1. The third kappa shape index (κ3) is 3.76. The number of methoxy groups -OCH3 is 2. The van der Waals surface area contributed by atoms with Crippen molar-refractivity contribution >= 4 is 5.91 Å². The number of hydrogen-bond acceptors (Lipinski definition) is 4. The summed E-state index contributed by atoms with van der Waals surface area (Å²) in [7, 11) is 3.36. The first-order valence-electron chi connectivity index (χ1n) is 9.30. The Hall–Kier alpha value is -1.75. The average molecular weight is 346 g/mol. The Morgan fingerprint density at radius 1 is 1.12 bits per heavy atom. The van der Waals surface area contributed by atoms with Gasteiger partial charge in [-0.05, 0) is 42.5 Å². The molecule has 2 aliphatic rings. The molecule has 0 spiro atoms. The van der Waals surface area contributed by atoms with Crippen molar-refractivity contribution in [2.45, 2.75) is 45.7 Å². The molecule has 3 rings (SSSR count).